The lowest BCUT2D eigenvalue weighted by Gasteiger charge is -2.12. The predicted molar refractivity (Wildman–Crippen MR) is 90.6 cm³/mol. The van der Waals surface area contributed by atoms with Crippen molar-refractivity contribution in [2.75, 3.05) is 13.6 Å². The third-order valence-corrected chi connectivity index (χ3v) is 3.68. The third kappa shape index (κ3) is 4.10. The molecule has 0 aliphatic carbocycles. The molecule has 0 unspecified atom stereocenters. The molecule has 0 N–H and O–H groups in total. The second-order valence-corrected chi connectivity index (χ2v) is 5.66. The van der Waals surface area contributed by atoms with Gasteiger partial charge in [0.2, 0.25) is 5.88 Å². The molecule has 2 rings (SSSR count). The average molecular weight is 336 g/mol. The van der Waals surface area contributed by atoms with Crippen LogP contribution in [0.1, 0.15) is 30.2 Å². The highest BCUT2D eigenvalue weighted by molar-refractivity contribution is 5.64. The van der Waals surface area contributed by atoms with Crippen LogP contribution >= 0.6 is 0 Å². The number of nitrogens with zero attached hydrogens (tertiary/aromatic N) is 4. The summed E-state index contributed by atoms with van der Waals surface area (Å²) in [4.78, 5) is 6.43. The lowest BCUT2D eigenvalue weighted by Crippen LogP contribution is -2.14. The molecule has 2 aromatic rings. The fraction of sp³-hybridized carbons (Fsp3) is 0.412. The van der Waals surface area contributed by atoms with Gasteiger partial charge in [0.15, 0.2) is 0 Å². The van der Waals surface area contributed by atoms with Crippen molar-refractivity contribution in [1.82, 2.24) is 14.7 Å². The average Bonchev–Trinajstić information content (AvgIpc) is 2.90. The van der Waals surface area contributed by atoms with E-state index in [9.17, 15) is 8.78 Å². The molecule has 0 fully saturated rings. The van der Waals surface area contributed by atoms with E-state index in [0.717, 1.165) is 23.4 Å². The Bertz CT molecular complexity index is 740. The van der Waals surface area contributed by atoms with Gasteiger partial charge in [-0.1, -0.05) is 0 Å². The molecule has 0 saturated carbocycles. The highest BCUT2D eigenvalue weighted by atomic mass is 19.3. The van der Waals surface area contributed by atoms with Crippen molar-refractivity contribution < 1.29 is 13.5 Å². The number of aryl methyl sites for hydroxylation is 3. The maximum absolute atomic E-state index is 12.7. The van der Waals surface area contributed by atoms with Gasteiger partial charge < -0.3 is 9.64 Å². The molecule has 0 spiro atoms. The largest absolute Gasteiger partial charge is 0.439 e. The molecule has 1 heterocycles. The Labute approximate surface area is 140 Å². The van der Waals surface area contributed by atoms with E-state index < -0.39 is 6.43 Å². The maximum atomic E-state index is 12.7. The van der Waals surface area contributed by atoms with Crippen LogP contribution in [0.4, 0.5) is 14.5 Å². The summed E-state index contributed by atoms with van der Waals surface area (Å²) in [5.74, 6) is 0.869. The van der Waals surface area contributed by atoms with E-state index >= 15 is 0 Å². The number of aliphatic imine (C=N–C) groups is 1. The lowest BCUT2D eigenvalue weighted by molar-refractivity contribution is 0.145. The Hall–Kier alpha value is -2.44. The summed E-state index contributed by atoms with van der Waals surface area (Å²) in [6.45, 7) is 6.73. The summed E-state index contributed by atoms with van der Waals surface area (Å²) < 4.78 is 32.5. The summed E-state index contributed by atoms with van der Waals surface area (Å²) in [5.41, 5.74) is 2.35. The number of alkyl halides is 2. The minimum Gasteiger partial charge on any atom is -0.439 e. The van der Waals surface area contributed by atoms with Crippen molar-refractivity contribution in [3.8, 4) is 11.6 Å². The molecule has 0 aliphatic heterocycles. The first-order valence-electron chi connectivity index (χ1n) is 7.67. The second kappa shape index (κ2) is 7.42. The van der Waals surface area contributed by atoms with Gasteiger partial charge in [-0.05, 0) is 44.0 Å². The zero-order valence-corrected chi connectivity index (χ0v) is 14.5. The molecular weight excluding hydrogens is 314 g/mol. The molecule has 0 bridgehead atoms. The van der Waals surface area contributed by atoms with Gasteiger partial charge >= 0.3 is 0 Å². The minimum absolute atomic E-state index is 0.273. The SMILES string of the molecule is CCN(C)/C=N/c1cc(C)c(Oc2cc(C(F)F)nn2C)cc1C. The molecule has 0 saturated heterocycles. The number of halogens is 2. The number of rotatable bonds is 6. The zero-order valence-electron chi connectivity index (χ0n) is 14.5. The smallest absolute Gasteiger partial charge is 0.282 e. The molecule has 7 heteroatoms. The first kappa shape index (κ1) is 17.9. The molecule has 0 amide bonds. The van der Waals surface area contributed by atoms with E-state index in [-0.39, 0.29) is 11.6 Å². The molecule has 1 aromatic carbocycles. The highest BCUT2D eigenvalue weighted by Gasteiger charge is 2.16. The van der Waals surface area contributed by atoms with E-state index in [1.165, 1.54) is 10.7 Å². The predicted octanol–water partition coefficient (Wildman–Crippen LogP) is 4.38. The van der Waals surface area contributed by atoms with Crippen molar-refractivity contribution in [3.05, 3.63) is 35.0 Å². The lowest BCUT2D eigenvalue weighted by atomic mass is 10.1. The van der Waals surface area contributed by atoms with Gasteiger partial charge in [-0.2, -0.15) is 5.10 Å². The van der Waals surface area contributed by atoms with Gasteiger partial charge in [-0.3, -0.25) is 0 Å². The Kier molecular flexibility index (Phi) is 5.54. The summed E-state index contributed by atoms with van der Waals surface area (Å²) in [7, 11) is 3.52. The molecular formula is C17H22F2N4O. The quantitative estimate of drug-likeness (QED) is 0.581. The fourth-order valence-electron chi connectivity index (χ4n) is 2.05. The van der Waals surface area contributed by atoms with Crippen molar-refractivity contribution in [3.63, 3.8) is 0 Å². The summed E-state index contributed by atoms with van der Waals surface area (Å²) in [6, 6.07) is 5.01. The molecule has 0 atom stereocenters. The van der Waals surface area contributed by atoms with E-state index in [4.69, 9.17) is 4.74 Å². The monoisotopic (exact) mass is 336 g/mol. The first-order valence-corrected chi connectivity index (χ1v) is 7.67. The second-order valence-electron chi connectivity index (χ2n) is 5.66. The van der Waals surface area contributed by atoms with Crippen molar-refractivity contribution in [2.45, 2.75) is 27.2 Å². The molecule has 0 aliphatic rings. The van der Waals surface area contributed by atoms with Crippen molar-refractivity contribution in [1.29, 1.82) is 0 Å². The highest BCUT2D eigenvalue weighted by Crippen LogP contribution is 2.32. The molecule has 0 radical (unpaired) electrons. The van der Waals surface area contributed by atoms with Gasteiger partial charge in [0.25, 0.3) is 6.43 Å². The van der Waals surface area contributed by atoms with Crippen molar-refractivity contribution in [2.24, 2.45) is 12.0 Å². The first-order chi connectivity index (χ1) is 11.3. The van der Waals surface area contributed by atoms with Crippen LogP contribution < -0.4 is 4.74 Å². The Morgan fingerprint density at radius 3 is 2.58 bits per heavy atom. The number of ether oxygens (including phenoxy) is 1. The summed E-state index contributed by atoms with van der Waals surface area (Å²) in [6.07, 6.45) is -0.845. The van der Waals surface area contributed by atoms with Crippen LogP contribution in [0, 0.1) is 13.8 Å². The van der Waals surface area contributed by atoms with Crippen LogP contribution in [-0.4, -0.2) is 34.6 Å². The normalized spacial score (nSPS) is 11.5. The Morgan fingerprint density at radius 2 is 2.00 bits per heavy atom. The molecule has 1 aromatic heterocycles. The number of aromatic nitrogens is 2. The standard InChI is InChI=1S/C17H22F2N4O/c1-6-22(4)10-20-13-7-12(3)15(8-11(13)2)24-16-9-14(17(18)19)21-23(16)5/h7-10,17H,6H2,1-5H3/b20-10+. The number of benzene rings is 1. The van der Waals surface area contributed by atoms with E-state index in [1.807, 2.05) is 44.9 Å². The molecule has 5 nitrogen and oxygen atoms in total. The zero-order chi connectivity index (χ0) is 17.9. The molecule has 130 valence electrons. The number of hydrogen-bond acceptors (Lipinski definition) is 3. The van der Waals surface area contributed by atoms with E-state index in [2.05, 4.69) is 10.1 Å². The van der Waals surface area contributed by atoms with Crippen LogP contribution in [0.15, 0.2) is 23.2 Å². The van der Waals surface area contributed by atoms with Crippen LogP contribution in [0.2, 0.25) is 0 Å². The van der Waals surface area contributed by atoms with Crippen LogP contribution in [0.5, 0.6) is 11.6 Å². The van der Waals surface area contributed by atoms with Gasteiger partial charge in [0.1, 0.15) is 11.4 Å². The van der Waals surface area contributed by atoms with Crippen LogP contribution in [-0.2, 0) is 7.05 Å². The van der Waals surface area contributed by atoms with E-state index in [0.29, 0.717) is 5.75 Å². The summed E-state index contributed by atoms with van der Waals surface area (Å²) in [5, 5.41) is 3.75. The van der Waals surface area contributed by atoms with Crippen LogP contribution in [0.3, 0.4) is 0 Å². The Balaban J connectivity index is 2.26. The minimum atomic E-state index is -2.62. The van der Waals surface area contributed by atoms with Gasteiger partial charge in [-0.15, -0.1) is 0 Å². The number of hydrogen-bond donors (Lipinski definition) is 0. The third-order valence-electron chi connectivity index (χ3n) is 3.68. The van der Waals surface area contributed by atoms with E-state index in [1.54, 1.807) is 13.4 Å². The van der Waals surface area contributed by atoms with Gasteiger partial charge in [-0.25, -0.2) is 18.5 Å². The summed E-state index contributed by atoms with van der Waals surface area (Å²) >= 11 is 0. The molecule has 24 heavy (non-hydrogen) atoms. The Morgan fingerprint density at radius 1 is 1.29 bits per heavy atom. The fourth-order valence-corrected chi connectivity index (χ4v) is 2.05. The van der Waals surface area contributed by atoms with Gasteiger partial charge in [0.05, 0.1) is 12.0 Å². The van der Waals surface area contributed by atoms with Crippen molar-refractivity contribution >= 4 is 12.0 Å². The maximum Gasteiger partial charge on any atom is 0.282 e. The topological polar surface area (TPSA) is 42.6 Å². The van der Waals surface area contributed by atoms with Gasteiger partial charge in [0, 0.05) is 26.7 Å². The van der Waals surface area contributed by atoms with Crippen LogP contribution in [0.25, 0.3) is 0 Å².